The van der Waals surface area contributed by atoms with E-state index in [4.69, 9.17) is 0 Å². The van der Waals surface area contributed by atoms with E-state index in [1.807, 2.05) is 37.3 Å². The number of Topliss-reactive ketones (excluding diaryl/α,β-unsaturated/α-hetero) is 1. The number of allylic oxidation sites excluding steroid dienone is 1. The van der Waals surface area contributed by atoms with Gasteiger partial charge in [0.2, 0.25) is 0 Å². The molecule has 1 aliphatic carbocycles. The molecule has 0 unspecified atom stereocenters. The van der Waals surface area contributed by atoms with E-state index < -0.39 is 0 Å². The summed E-state index contributed by atoms with van der Waals surface area (Å²) in [4.78, 5) is 12.4. The Labute approximate surface area is 118 Å². The van der Waals surface area contributed by atoms with Crippen molar-refractivity contribution < 1.29 is 9.90 Å². The number of rotatable bonds is 1. The molecule has 0 aromatic heterocycles. The van der Waals surface area contributed by atoms with Gasteiger partial charge in [-0.3, -0.25) is 4.79 Å². The molecule has 1 N–H and O–H groups in total. The maximum absolute atomic E-state index is 12.4. The summed E-state index contributed by atoms with van der Waals surface area (Å²) in [6.07, 6.45) is 3.49. The highest BCUT2D eigenvalue weighted by atomic mass is 16.3. The predicted molar refractivity (Wildman–Crippen MR) is 79.9 cm³/mol. The third-order valence-corrected chi connectivity index (χ3v) is 3.71. The second kappa shape index (κ2) is 4.97. The number of fused-ring (bicyclic) bond motifs is 1. The lowest BCUT2D eigenvalue weighted by Crippen LogP contribution is -2.13. The highest BCUT2D eigenvalue weighted by molar-refractivity contribution is 6.13. The number of carbonyl (C=O) groups is 1. The van der Waals surface area contributed by atoms with Gasteiger partial charge in [-0.05, 0) is 55.2 Å². The number of benzene rings is 2. The molecule has 0 fully saturated rings. The van der Waals surface area contributed by atoms with Gasteiger partial charge in [0.15, 0.2) is 5.78 Å². The largest absolute Gasteiger partial charge is 0.508 e. The molecule has 0 saturated carbocycles. The molecule has 0 heterocycles. The van der Waals surface area contributed by atoms with E-state index in [0.717, 1.165) is 29.5 Å². The number of phenolic OH excluding ortho intramolecular Hbond substituents is 1. The average molecular weight is 264 g/mol. The minimum Gasteiger partial charge on any atom is -0.508 e. The number of aromatic hydroxyl groups is 1. The lowest BCUT2D eigenvalue weighted by atomic mass is 9.86. The molecule has 20 heavy (non-hydrogen) atoms. The van der Waals surface area contributed by atoms with E-state index in [1.54, 1.807) is 18.2 Å². The zero-order valence-corrected chi connectivity index (χ0v) is 11.4. The molecule has 2 heteroatoms. The molecular weight excluding hydrogens is 248 g/mol. The van der Waals surface area contributed by atoms with Crippen LogP contribution in [0.25, 0.3) is 6.08 Å². The zero-order chi connectivity index (χ0) is 14.1. The molecule has 1 aliphatic rings. The highest BCUT2D eigenvalue weighted by Crippen LogP contribution is 2.29. The molecule has 2 nitrogen and oxygen atoms in total. The van der Waals surface area contributed by atoms with Crippen molar-refractivity contribution in [3.63, 3.8) is 0 Å². The molecule has 0 atom stereocenters. The Bertz CT molecular complexity index is 694. The van der Waals surface area contributed by atoms with Crippen LogP contribution in [0.2, 0.25) is 0 Å². The number of ketones is 1. The van der Waals surface area contributed by atoms with Crippen LogP contribution in [0, 0.1) is 6.92 Å². The van der Waals surface area contributed by atoms with Gasteiger partial charge in [0.25, 0.3) is 0 Å². The van der Waals surface area contributed by atoms with Crippen LogP contribution in [-0.2, 0) is 6.42 Å². The van der Waals surface area contributed by atoms with E-state index in [9.17, 15) is 9.90 Å². The van der Waals surface area contributed by atoms with Gasteiger partial charge in [-0.2, -0.15) is 0 Å². The summed E-state index contributed by atoms with van der Waals surface area (Å²) in [6, 6.07) is 13.1. The lowest BCUT2D eigenvalue weighted by molar-refractivity contribution is 0.102. The van der Waals surface area contributed by atoms with Gasteiger partial charge in [-0.25, -0.2) is 0 Å². The fraction of sp³-hybridized carbons (Fsp3) is 0.167. The van der Waals surface area contributed by atoms with Crippen molar-refractivity contribution >= 4 is 11.9 Å². The van der Waals surface area contributed by atoms with Crippen molar-refractivity contribution in [1.82, 2.24) is 0 Å². The average Bonchev–Trinajstić information content (AvgIpc) is 2.44. The second-order valence-electron chi connectivity index (χ2n) is 5.25. The van der Waals surface area contributed by atoms with E-state index in [-0.39, 0.29) is 11.5 Å². The molecule has 0 amide bonds. The summed E-state index contributed by atoms with van der Waals surface area (Å²) in [6.45, 7) is 2.05. The Balaban J connectivity index is 1.95. The molecule has 0 bridgehead atoms. The summed E-state index contributed by atoms with van der Waals surface area (Å²) in [5, 5.41) is 9.48. The van der Waals surface area contributed by atoms with E-state index in [1.165, 1.54) is 5.56 Å². The van der Waals surface area contributed by atoms with Crippen molar-refractivity contribution in [1.29, 1.82) is 0 Å². The Hall–Kier alpha value is -2.35. The van der Waals surface area contributed by atoms with Gasteiger partial charge in [0, 0.05) is 11.1 Å². The molecule has 3 rings (SSSR count). The van der Waals surface area contributed by atoms with Crippen LogP contribution in [0.1, 0.15) is 33.5 Å². The quantitative estimate of drug-likeness (QED) is 0.793. The van der Waals surface area contributed by atoms with Crippen LogP contribution in [0.3, 0.4) is 0 Å². The zero-order valence-electron chi connectivity index (χ0n) is 11.4. The van der Waals surface area contributed by atoms with Crippen molar-refractivity contribution in [3.8, 4) is 5.75 Å². The summed E-state index contributed by atoms with van der Waals surface area (Å²) in [5.41, 5.74) is 4.76. The smallest absolute Gasteiger partial charge is 0.189 e. The Kier molecular flexibility index (Phi) is 3.15. The van der Waals surface area contributed by atoms with E-state index in [2.05, 4.69) is 0 Å². The van der Waals surface area contributed by atoms with Crippen molar-refractivity contribution in [2.24, 2.45) is 0 Å². The summed E-state index contributed by atoms with van der Waals surface area (Å²) in [5.74, 6) is 0.300. The normalized spacial score (nSPS) is 16.2. The van der Waals surface area contributed by atoms with Gasteiger partial charge < -0.3 is 5.11 Å². The van der Waals surface area contributed by atoms with Gasteiger partial charge >= 0.3 is 0 Å². The lowest BCUT2D eigenvalue weighted by Gasteiger charge is -2.17. The summed E-state index contributed by atoms with van der Waals surface area (Å²) in [7, 11) is 0. The van der Waals surface area contributed by atoms with Crippen molar-refractivity contribution in [2.45, 2.75) is 19.8 Å². The standard InChI is InChI=1S/C18H16O2/c1-12-2-4-13(5-3-12)10-15-7-6-14-11-16(19)8-9-17(14)18(15)20/h2-5,8-11,19H,6-7H2,1H3/b15-10+. The van der Waals surface area contributed by atoms with Crippen LogP contribution >= 0.6 is 0 Å². The molecule has 0 spiro atoms. The molecule has 2 aromatic carbocycles. The van der Waals surface area contributed by atoms with Crippen LogP contribution < -0.4 is 0 Å². The van der Waals surface area contributed by atoms with Crippen LogP contribution in [-0.4, -0.2) is 10.9 Å². The van der Waals surface area contributed by atoms with Crippen molar-refractivity contribution in [2.75, 3.05) is 0 Å². The first kappa shape index (κ1) is 12.7. The fourth-order valence-corrected chi connectivity index (χ4v) is 2.57. The summed E-state index contributed by atoms with van der Waals surface area (Å²) < 4.78 is 0. The van der Waals surface area contributed by atoms with Crippen LogP contribution in [0.5, 0.6) is 5.75 Å². The van der Waals surface area contributed by atoms with Gasteiger partial charge in [0.1, 0.15) is 5.75 Å². The Morgan fingerprint density at radius 3 is 2.55 bits per heavy atom. The monoisotopic (exact) mass is 264 g/mol. The number of phenols is 1. The summed E-state index contributed by atoms with van der Waals surface area (Å²) >= 11 is 0. The van der Waals surface area contributed by atoms with Gasteiger partial charge in [0.05, 0.1) is 0 Å². The third kappa shape index (κ3) is 2.37. The maximum atomic E-state index is 12.4. The predicted octanol–water partition coefficient (Wildman–Crippen LogP) is 3.91. The fourth-order valence-electron chi connectivity index (χ4n) is 2.57. The maximum Gasteiger partial charge on any atom is 0.189 e. The first-order valence-corrected chi connectivity index (χ1v) is 6.77. The Morgan fingerprint density at radius 1 is 1.05 bits per heavy atom. The molecule has 0 aliphatic heterocycles. The molecule has 100 valence electrons. The van der Waals surface area contributed by atoms with E-state index >= 15 is 0 Å². The first-order chi connectivity index (χ1) is 9.63. The van der Waals surface area contributed by atoms with Crippen molar-refractivity contribution in [3.05, 3.63) is 70.3 Å². The molecule has 0 saturated heterocycles. The van der Waals surface area contributed by atoms with Gasteiger partial charge in [-0.1, -0.05) is 29.8 Å². The van der Waals surface area contributed by atoms with Crippen LogP contribution in [0.15, 0.2) is 48.0 Å². The van der Waals surface area contributed by atoms with E-state index in [0.29, 0.717) is 5.56 Å². The number of hydrogen-bond acceptors (Lipinski definition) is 2. The number of aryl methyl sites for hydroxylation is 2. The number of carbonyl (C=O) groups excluding carboxylic acids is 1. The minimum atomic E-state index is 0.0758. The third-order valence-electron chi connectivity index (χ3n) is 3.71. The Morgan fingerprint density at radius 2 is 1.80 bits per heavy atom. The topological polar surface area (TPSA) is 37.3 Å². The first-order valence-electron chi connectivity index (χ1n) is 6.77. The van der Waals surface area contributed by atoms with Gasteiger partial charge in [-0.15, -0.1) is 0 Å². The molecular formula is C18H16O2. The number of hydrogen-bond donors (Lipinski definition) is 1. The highest BCUT2D eigenvalue weighted by Gasteiger charge is 2.21. The molecule has 0 radical (unpaired) electrons. The SMILES string of the molecule is Cc1ccc(/C=C2\CCc3cc(O)ccc3C2=O)cc1. The van der Waals surface area contributed by atoms with Crippen LogP contribution in [0.4, 0.5) is 0 Å². The molecule has 2 aromatic rings. The second-order valence-corrected chi connectivity index (χ2v) is 5.25. The minimum absolute atomic E-state index is 0.0758.